The molecule has 22 heavy (non-hydrogen) atoms. The van der Waals surface area contributed by atoms with E-state index in [9.17, 15) is 4.79 Å². The van der Waals surface area contributed by atoms with Crippen LogP contribution in [0.5, 0.6) is 0 Å². The Balaban J connectivity index is 1.89. The van der Waals surface area contributed by atoms with Gasteiger partial charge in [0.2, 0.25) is 5.91 Å². The number of rotatable bonds is 8. The van der Waals surface area contributed by atoms with Gasteiger partial charge in [0.25, 0.3) is 0 Å². The zero-order valence-electron chi connectivity index (χ0n) is 13.4. The van der Waals surface area contributed by atoms with E-state index in [4.69, 9.17) is 4.74 Å². The van der Waals surface area contributed by atoms with Crippen molar-refractivity contribution in [3.8, 4) is 0 Å². The maximum absolute atomic E-state index is 12.0. The van der Waals surface area contributed by atoms with Crippen LogP contribution in [0.3, 0.4) is 0 Å². The van der Waals surface area contributed by atoms with Crippen LogP contribution >= 0.6 is 23.1 Å². The molecule has 0 aromatic carbocycles. The summed E-state index contributed by atoms with van der Waals surface area (Å²) in [7, 11) is 0. The fourth-order valence-electron chi connectivity index (χ4n) is 2.63. The second-order valence-electron chi connectivity index (χ2n) is 5.46. The van der Waals surface area contributed by atoms with Crippen molar-refractivity contribution in [3.63, 3.8) is 0 Å². The summed E-state index contributed by atoms with van der Waals surface area (Å²) in [6.07, 6.45) is 0.864. The summed E-state index contributed by atoms with van der Waals surface area (Å²) in [6.45, 7) is 7.53. The van der Waals surface area contributed by atoms with Gasteiger partial charge >= 0.3 is 0 Å². The molecule has 1 amide bonds. The number of amides is 1. The molecule has 1 aromatic heterocycles. The van der Waals surface area contributed by atoms with E-state index >= 15 is 0 Å². The first-order valence-corrected chi connectivity index (χ1v) is 9.97. The van der Waals surface area contributed by atoms with Crippen LogP contribution in [-0.2, 0) is 9.53 Å². The summed E-state index contributed by atoms with van der Waals surface area (Å²) in [4.78, 5) is 15.7. The van der Waals surface area contributed by atoms with Crippen molar-refractivity contribution in [3.05, 3.63) is 22.4 Å². The van der Waals surface area contributed by atoms with E-state index in [0.717, 1.165) is 31.2 Å². The van der Waals surface area contributed by atoms with Crippen LogP contribution in [0, 0.1) is 0 Å². The van der Waals surface area contributed by atoms with Gasteiger partial charge in [-0.05, 0) is 24.1 Å². The van der Waals surface area contributed by atoms with Gasteiger partial charge in [-0.25, -0.2) is 0 Å². The minimum Gasteiger partial charge on any atom is -0.376 e. The van der Waals surface area contributed by atoms with Crippen molar-refractivity contribution < 1.29 is 9.53 Å². The van der Waals surface area contributed by atoms with Gasteiger partial charge < -0.3 is 10.1 Å². The molecular formula is C16H26N2O2S2. The summed E-state index contributed by atoms with van der Waals surface area (Å²) in [5, 5.41) is 5.22. The zero-order chi connectivity index (χ0) is 15.8. The third-order valence-corrected chi connectivity index (χ3v) is 5.63. The van der Waals surface area contributed by atoms with Crippen LogP contribution in [-0.4, -0.2) is 54.7 Å². The first-order chi connectivity index (χ1) is 10.7. The number of ether oxygens (including phenoxy) is 1. The van der Waals surface area contributed by atoms with Gasteiger partial charge in [0.1, 0.15) is 0 Å². The lowest BCUT2D eigenvalue weighted by Crippen LogP contribution is -2.46. The van der Waals surface area contributed by atoms with Crippen molar-refractivity contribution in [2.24, 2.45) is 0 Å². The van der Waals surface area contributed by atoms with Crippen LogP contribution in [0.1, 0.15) is 31.2 Å². The average Bonchev–Trinajstić information content (AvgIpc) is 3.02. The Bertz CT molecular complexity index is 439. The molecule has 0 aliphatic carbocycles. The normalized spacial score (nSPS) is 20.7. The molecular weight excluding hydrogens is 316 g/mol. The van der Waals surface area contributed by atoms with E-state index in [1.165, 1.54) is 4.88 Å². The number of thioether (sulfide) groups is 1. The number of thiophene rings is 1. The van der Waals surface area contributed by atoms with Gasteiger partial charge in [-0.1, -0.05) is 13.0 Å². The predicted molar refractivity (Wildman–Crippen MR) is 94.7 cm³/mol. The molecule has 1 aliphatic rings. The molecule has 0 radical (unpaired) electrons. The van der Waals surface area contributed by atoms with E-state index in [0.29, 0.717) is 13.0 Å². The molecule has 1 saturated heterocycles. The molecule has 2 heterocycles. The number of hydrogen-bond donors (Lipinski definition) is 1. The highest BCUT2D eigenvalue weighted by atomic mass is 32.2. The Kier molecular flexibility index (Phi) is 7.72. The lowest BCUT2D eigenvalue weighted by molar-refractivity contribution is -0.121. The van der Waals surface area contributed by atoms with E-state index in [1.54, 1.807) is 11.3 Å². The number of carbonyl (C=O) groups is 1. The predicted octanol–water partition coefficient (Wildman–Crippen LogP) is 2.77. The highest BCUT2D eigenvalue weighted by molar-refractivity contribution is 7.99. The highest BCUT2D eigenvalue weighted by Crippen LogP contribution is 2.26. The molecule has 2 rings (SSSR count). The van der Waals surface area contributed by atoms with Crippen molar-refractivity contribution in [1.82, 2.24) is 10.2 Å². The highest BCUT2D eigenvalue weighted by Gasteiger charge is 2.26. The number of morpholine rings is 1. The zero-order valence-corrected chi connectivity index (χ0v) is 15.0. The molecule has 2 unspecified atom stereocenters. The second-order valence-corrected chi connectivity index (χ2v) is 7.83. The molecule has 0 spiro atoms. The topological polar surface area (TPSA) is 41.6 Å². The standard InChI is InChI=1S/C16H26N2O2S2/c1-3-21-10-6-16(19)17-11-14(15-5-4-9-22-15)18-7-8-20-13(2)12-18/h4-5,9,13-14H,3,6-8,10-12H2,1-2H3,(H,17,19). The molecule has 1 aromatic rings. The molecule has 4 nitrogen and oxygen atoms in total. The first-order valence-electron chi connectivity index (χ1n) is 7.94. The molecule has 124 valence electrons. The summed E-state index contributed by atoms with van der Waals surface area (Å²) in [5.74, 6) is 2.13. The minimum atomic E-state index is 0.156. The number of nitrogens with zero attached hydrogens (tertiary/aromatic N) is 1. The second kappa shape index (κ2) is 9.55. The Morgan fingerprint density at radius 1 is 1.64 bits per heavy atom. The largest absolute Gasteiger partial charge is 0.376 e. The first kappa shape index (κ1) is 17.8. The average molecular weight is 343 g/mol. The summed E-state index contributed by atoms with van der Waals surface area (Å²) in [5.41, 5.74) is 0. The van der Waals surface area contributed by atoms with Crippen LogP contribution in [0.4, 0.5) is 0 Å². The Hall–Kier alpha value is -0.560. The fourth-order valence-corrected chi connectivity index (χ4v) is 4.11. The van der Waals surface area contributed by atoms with Crippen molar-refractivity contribution >= 4 is 29.0 Å². The molecule has 2 atom stereocenters. The van der Waals surface area contributed by atoms with Crippen LogP contribution in [0.15, 0.2) is 17.5 Å². The maximum atomic E-state index is 12.0. The van der Waals surface area contributed by atoms with E-state index < -0.39 is 0 Å². The smallest absolute Gasteiger partial charge is 0.220 e. The van der Waals surface area contributed by atoms with Crippen LogP contribution in [0.25, 0.3) is 0 Å². The molecule has 1 N–H and O–H groups in total. The molecule has 1 aliphatic heterocycles. The monoisotopic (exact) mass is 342 g/mol. The summed E-state index contributed by atoms with van der Waals surface area (Å²) < 4.78 is 5.64. The van der Waals surface area contributed by atoms with Crippen molar-refractivity contribution in [2.75, 3.05) is 37.7 Å². The van der Waals surface area contributed by atoms with Gasteiger partial charge in [0.05, 0.1) is 18.8 Å². The summed E-state index contributed by atoms with van der Waals surface area (Å²) >= 11 is 3.57. The number of hydrogen-bond acceptors (Lipinski definition) is 5. The molecule has 1 fully saturated rings. The Morgan fingerprint density at radius 2 is 2.50 bits per heavy atom. The summed E-state index contributed by atoms with van der Waals surface area (Å²) in [6, 6.07) is 4.50. The molecule has 6 heteroatoms. The van der Waals surface area contributed by atoms with Crippen molar-refractivity contribution in [1.29, 1.82) is 0 Å². The third kappa shape index (κ3) is 5.57. The van der Waals surface area contributed by atoms with E-state index in [1.807, 2.05) is 11.8 Å². The number of nitrogens with one attached hydrogen (secondary N) is 1. The van der Waals surface area contributed by atoms with Crippen molar-refractivity contribution in [2.45, 2.75) is 32.4 Å². The van der Waals surface area contributed by atoms with Crippen LogP contribution < -0.4 is 5.32 Å². The minimum absolute atomic E-state index is 0.156. The van der Waals surface area contributed by atoms with E-state index in [-0.39, 0.29) is 18.1 Å². The SMILES string of the molecule is CCSCCC(=O)NCC(c1cccs1)N1CCOC(C)C1. The quantitative estimate of drug-likeness (QED) is 0.738. The maximum Gasteiger partial charge on any atom is 0.220 e. The van der Waals surface area contributed by atoms with Gasteiger partial charge in [-0.3, -0.25) is 9.69 Å². The van der Waals surface area contributed by atoms with Gasteiger partial charge in [0.15, 0.2) is 0 Å². The third-order valence-electron chi connectivity index (χ3n) is 3.76. The van der Waals surface area contributed by atoms with Gasteiger partial charge in [-0.15, -0.1) is 11.3 Å². The Morgan fingerprint density at radius 3 is 3.18 bits per heavy atom. The fraction of sp³-hybridized carbons (Fsp3) is 0.688. The Labute approximate surface area is 141 Å². The molecule has 0 bridgehead atoms. The molecule has 0 saturated carbocycles. The van der Waals surface area contributed by atoms with Gasteiger partial charge in [-0.2, -0.15) is 11.8 Å². The lowest BCUT2D eigenvalue weighted by Gasteiger charge is -2.37. The lowest BCUT2D eigenvalue weighted by atomic mass is 10.1. The van der Waals surface area contributed by atoms with Crippen LogP contribution in [0.2, 0.25) is 0 Å². The van der Waals surface area contributed by atoms with Gasteiger partial charge in [0, 0.05) is 36.7 Å². The van der Waals surface area contributed by atoms with E-state index in [2.05, 4.69) is 41.6 Å². The number of carbonyl (C=O) groups excluding carboxylic acids is 1.